The van der Waals surface area contributed by atoms with Gasteiger partial charge in [-0.15, -0.1) is 0 Å². The monoisotopic (exact) mass is 284 g/mol. The highest BCUT2D eigenvalue weighted by Crippen LogP contribution is 2.33. The molecule has 0 amide bonds. The molecule has 1 N–H and O–H groups in total. The summed E-state index contributed by atoms with van der Waals surface area (Å²) in [6, 6.07) is 5.80. The highest BCUT2D eigenvalue weighted by Gasteiger charge is 2.19. The molecule has 0 unspecified atom stereocenters. The molecule has 0 atom stereocenters. The molecule has 3 nitrogen and oxygen atoms in total. The van der Waals surface area contributed by atoms with Crippen LogP contribution in [0.4, 0.5) is 0 Å². The molecule has 0 aliphatic rings. The highest BCUT2D eigenvalue weighted by molar-refractivity contribution is 6.32. The fraction of sp³-hybridized carbons (Fsp3) is 0.533. The van der Waals surface area contributed by atoms with E-state index in [1.165, 1.54) is 5.56 Å². The lowest BCUT2D eigenvalue weighted by Crippen LogP contribution is -2.15. The van der Waals surface area contributed by atoms with Gasteiger partial charge in [-0.25, -0.2) is 0 Å². The van der Waals surface area contributed by atoms with E-state index in [0.717, 1.165) is 6.42 Å². The van der Waals surface area contributed by atoms with Crippen molar-refractivity contribution in [3.05, 3.63) is 28.8 Å². The van der Waals surface area contributed by atoms with Gasteiger partial charge in [-0.05, 0) is 36.0 Å². The summed E-state index contributed by atoms with van der Waals surface area (Å²) in [6.07, 6.45) is 1.62. The van der Waals surface area contributed by atoms with Crippen molar-refractivity contribution in [2.75, 3.05) is 6.61 Å². The minimum Gasteiger partial charge on any atom is -0.492 e. The van der Waals surface area contributed by atoms with E-state index in [1.807, 2.05) is 18.2 Å². The maximum absolute atomic E-state index is 10.4. The van der Waals surface area contributed by atoms with E-state index < -0.39 is 5.97 Å². The second kappa shape index (κ2) is 6.80. The van der Waals surface area contributed by atoms with Gasteiger partial charge in [-0.2, -0.15) is 0 Å². The summed E-state index contributed by atoms with van der Waals surface area (Å²) in [5, 5.41) is 9.11. The Morgan fingerprint density at radius 2 is 2.11 bits per heavy atom. The molecule has 0 bridgehead atoms. The van der Waals surface area contributed by atoms with E-state index in [9.17, 15) is 4.79 Å². The molecule has 0 radical (unpaired) electrons. The molecule has 0 saturated carbocycles. The zero-order valence-electron chi connectivity index (χ0n) is 11.7. The number of hydrogen-bond acceptors (Lipinski definition) is 2. The lowest BCUT2D eigenvalue weighted by atomic mass is 9.82. The van der Waals surface area contributed by atoms with Crippen LogP contribution >= 0.6 is 11.6 Å². The highest BCUT2D eigenvalue weighted by atomic mass is 35.5. The van der Waals surface area contributed by atoms with Crippen molar-refractivity contribution in [3.8, 4) is 5.75 Å². The van der Waals surface area contributed by atoms with Crippen LogP contribution in [-0.2, 0) is 10.2 Å². The SMILES string of the molecule is CCC(C)(C)c1ccc(OCCCC(=O)O)c(Cl)c1. The van der Waals surface area contributed by atoms with Gasteiger partial charge in [-0.3, -0.25) is 4.79 Å². The summed E-state index contributed by atoms with van der Waals surface area (Å²) in [6.45, 7) is 6.85. The molecule has 4 heteroatoms. The van der Waals surface area contributed by atoms with Crippen LogP contribution in [0.3, 0.4) is 0 Å². The van der Waals surface area contributed by atoms with Crippen molar-refractivity contribution in [1.29, 1.82) is 0 Å². The van der Waals surface area contributed by atoms with E-state index in [2.05, 4.69) is 20.8 Å². The normalized spacial score (nSPS) is 11.4. The number of carboxylic acid groups (broad SMARTS) is 1. The molecule has 19 heavy (non-hydrogen) atoms. The van der Waals surface area contributed by atoms with Crippen molar-refractivity contribution in [1.82, 2.24) is 0 Å². The van der Waals surface area contributed by atoms with Gasteiger partial charge < -0.3 is 9.84 Å². The molecule has 0 saturated heterocycles. The van der Waals surface area contributed by atoms with Crippen LogP contribution in [0.15, 0.2) is 18.2 Å². The summed E-state index contributed by atoms with van der Waals surface area (Å²) < 4.78 is 5.49. The first-order valence-corrected chi connectivity index (χ1v) is 6.89. The third-order valence-electron chi connectivity index (χ3n) is 3.39. The van der Waals surface area contributed by atoms with Crippen molar-refractivity contribution in [2.24, 2.45) is 0 Å². The Kier molecular flexibility index (Phi) is 5.67. The van der Waals surface area contributed by atoms with Gasteiger partial charge in [0.1, 0.15) is 5.75 Å². The van der Waals surface area contributed by atoms with Crippen LogP contribution in [0.25, 0.3) is 0 Å². The molecular formula is C15H21ClO3. The molecule has 0 aliphatic heterocycles. The topological polar surface area (TPSA) is 46.5 Å². The summed E-state index contributed by atoms with van der Waals surface area (Å²) >= 11 is 6.19. The Balaban J connectivity index is 2.65. The first-order chi connectivity index (χ1) is 8.86. The number of hydrogen-bond donors (Lipinski definition) is 1. The molecule has 0 heterocycles. The molecule has 0 fully saturated rings. The van der Waals surface area contributed by atoms with Crippen LogP contribution in [-0.4, -0.2) is 17.7 Å². The first kappa shape index (κ1) is 15.8. The fourth-order valence-electron chi connectivity index (χ4n) is 1.65. The van der Waals surface area contributed by atoms with Gasteiger partial charge in [0.2, 0.25) is 0 Å². The van der Waals surface area contributed by atoms with Gasteiger partial charge in [0, 0.05) is 6.42 Å². The second-order valence-electron chi connectivity index (χ2n) is 5.23. The number of carboxylic acids is 1. The van der Waals surface area contributed by atoms with E-state index in [0.29, 0.717) is 23.8 Å². The molecular weight excluding hydrogens is 264 g/mol. The number of ether oxygens (including phenoxy) is 1. The average molecular weight is 285 g/mol. The summed E-state index contributed by atoms with van der Waals surface area (Å²) in [7, 11) is 0. The van der Waals surface area contributed by atoms with E-state index in [1.54, 1.807) is 0 Å². The number of halogens is 1. The first-order valence-electron chi connectivity index (χ1n) is 6.51. The Morgan fingerprint density at radius 3 is 2.63 bits per heavy atom. The van der Waals surface area contributed by atoms with Crippen LogP contribution in [0.2, 0.25) is 5.02 Å². The van der Waals surface area contributed by atoms with Crippen LogP contribution < -0.4 is 4.74 Å². The quantitative estimate of drug-likeness (QED) is 0.761. The summed E-state index contributed by atoms with van der Waals surface area (Å²) in [5.41, 5.74) is 1.27. The molecule has 1 rings (SSSR count). The van der Waals surface area contributed by atoms with Gasteiger partial charge >= 0.3 is 5.97 Å². The maximum Gasteiger partial charge on any atom is 0.303 e. The van der Waals surface area contributed by atoms with Gasteiger partial charge in [0.05, 0.1) is 11.6 Å². The minimum atomic E-state index is -0.810. The standard InChI is InChI=1S/C15H21ClO3/c1-4-15(2,3)11-7-8-13(12(16)10-11)19-9-5-6-14(17)18/h7-8,10H,4-6,9H2,1-3H3,(H,17,18). The van der Waals surface area contributed by atoms with E-state index in [4.69, 9.17) is 21.4 Å². The maximum atomic E-state index is 10.4. The Hall–Kier alpha value is -1.22. The lowest BCUT2D eigenvalue weighted by molar-refractivity contribution is -0.137. The third-order valence-corrected chi connectivity index (χ3v) is 3.69. The van der Waals surface area contributed by atoms with E-state index in [-0.39, 0.29) is 11.8 Å². The summed E-state index contributed by atoms with van der Waals surface area (Å²) in [5.74, 6) is -0.197. The summed E-state index contributed by atoms with van der Waals surface area (Å²) in [4.78, 5) is 10.4. The van der Waals surface area contributed by atoms with Gasteiger partial charge in [-0.1, -0.05) is 38.4 Å². The van der Waals surface area contributed by atoms with Gasteiger partial charge in [0.15, 0.2) is 0 Å². The molecule has 106 valence electrons. The fourth-order valence-corrected chi connectivity index (χ4v) is 1.88. The van der Waals surface area contributed by atoms with Crippen molar-refractivity contribution in [2.45, 2.75) is 45.4 Å². The molecule has 0 aromatic heterocycles. The molecule has 0 aliphatic carbocycles. The predicted molar refractivity (Wildman–Crippen MR) is 77.1 cm³/mol. The van der Waals surface area contributed by atoms with Crippen LogP contribution in [0.1, 0.15) is 45.6 Å². The minimum absolute atomic E-state index is 0.0888. The number of aliphatic carboxylic acids is 1. The predicted octanol–water partition coefficient (Wildman–Crippen LogP) is 4.27. The molecule has 1 aromatic carbocycles. The smallest absolute Gasteiger partial charge is 0.303 e. The van der Waals surface area contributed by atoms with Crippen molar-refractivity contribution in [3.63, 3.8) is 0 Å². The van der Waals surface area contributed by atoms with Gasteiger partial charge in [0.25, 0.3) is 0 Å². The van der Waals surface area contributed by atoms with E-state index >= 15 is 0 Å². The number of carbonyl (C=O) groups is 1. The van der Waals surface area contributed by atoms with Crippen molar-refractivity contribution >= 4 is 17.6 Å². The Morgan fingerprint density at radius 1 is 1.42 bits per heavy atom. The zero-order valence-corrected chi connectivity index (χ0v) is 12.5. The lowest BCUT2D eigenvalue weighted by Gasteiger charge is -2.24. The number of rotatable bonds is 7. The Bertz CT molecular complexity index is 441. The van der Waals surface area contributed by atoms with Crippen LogP contribution in [0, 0.1) is 0 Å². The largest absolute Gasteiger partial charge is 0.492 e. The van der Waals surface area contributed by atoms with Crippen LogP contribution in [0.5, 0.6) is 5.75 Å². The number of benzene rings is 1. The Labute approximate surface area is 119 Å². The average Bonchev–Trinajstić information content (AvgIpc) is 2.35. The molecule has 1 aromatic rings. The zero-order chi connectivity index (χ0) is 14.5. The molecule has 0 spiro atoms. The third kappa shape index (κ3) is 4.75. The van der Waals surface area contributed by atoms with Crippen molar-refractivity contribution < 1.29 is 14.6 Å². The second-order valence-corrected chi connectivity index (χ2v) is 5.64.